The highest BCUT2D eigenvalue weighted by molar-refractivity contribution is 5.47. The minimum Gasteiger partial charge on any atom is -0.385 e. The lowest BCUT2D eigenvalue weighted by Gasteiger charge is -2.17. The molecule has 1 fully saturated rings. The molecule has 0 aromatic carbocycles. The van der Waals surface area contributed by atoms with E-state index in [0.29, 0.717) is 19.7 Å². The van der Waals surface area contributed by atoms with Crippen molar-refractivity contribution in [2.45, 2.75) is 26.2 Å². The Morgan fingerprint density at radius 3 is 2.45 bits per heavy atom. The van der Waals surface area contributed by atoms with Crippen LogP contribution in [-0.4, -0.2) is 31.8 Å². The van der Waals surface area contributed by atoms with E-state index in [1.807, 2.05) is 6.92 Å². The van der Waals surface area contributed by atoms with Crippen LogP contribution in [0.1, 0.15) is 26.2 Å². The molecule has 1 saturated carbocycles. The highest BCUT2D eigenvalue weighted by Gasteiger charge is 2.41. The van der Waals surface area contributed by atoms with Gasteiger partial charge in [-0.3, -0.25) is 0 Å². The number of anilines is 2. The standard InChI is InChI=1S/C14H21F2N3O/c1-3-17-12-10(15)8-11(16)13(19-12)18-9-14(4-5-14)6-7-20-2/h8H,3-7,9H2,1-2H3,(H2,17,18,19). The van der Waals surface area contributed by atoms with E-state index >= 15 is 0 Å². The van der Waals surface area contributed by atoms with Crippen LogP contribution in [0.3, 0.4) is 0 Å². The predicted molar refractivity (Wildman–Crippen MR) is 75.0 cm³/mol. The highest BCUT2D eigenvalue weighted by Crippen LogP contribution is 2.48. The Kier molecular flexibility index (Phi) is 4.75. The van der Waals surface area contributed by atoms with E-state index in [4.69, 9.17) is 4.74 Å². The van der Waals surface area contributed by atoms with Gasteiger partial charge < -0.3 is 15.4 Å². The van der Waals surface area contributed by atoms with Crippen molar-refractivity contribution in [3.8, 4) is 0 Å². The minimum absolute atomic E-state index is 0.0816. The molecule has 2 rings (SSSR count). The zero-order valence-electron chi connectivity index (χ0n) is 11.9. The van der Waals surface area contributed by atoms with Crippen LogP contribution in [0.5, 0.6) is 0 Å². The van der Waals surface area contributed by atoms with E-state index in [9.17, 15) is 8.78 Å². The summed E-state index contributed by atoms with van der Waals surface area (Å²) >= 11 is 0. The van der Waals surface area contributed by atoms with Gasteiger partial charge in [0.25, 0.3) is 0 Å². The molecular weight excluding hydrogens is 264 g/mol. The minimum atomic E-state index is -0.671. The molecule has 1 aliphatic rings. The summed E-state index contributed by atoms with van der Waals surface area (Å²) in [5.41, 5.74) is 0.177. The van der Waals surface area contributed by atoms with Gasteiger partial charge in [-0.25, -0.2) is 13.8 Å². The summed E-state index contributed by atoms with van der Waals surface area (Å²) in [4.78, 5) is 3.97. The van der Waals surface area contributed by atoms with E-state index < -0.39 is 11.6 Å². The maximum absolute atomic E-state index is 13.7. The third kappa shape index (κ3) is 3.56. The van der Waals surface area contributed by atoms with Crippen LogP contribution in [0.15, 0.2) is 6.07 Å². The van der Waals surface area contributed by atoms with Gasteiger partial charge in [0, 0.05) is 32.9 Å². The first-order chi connectivity index (χ1) is 9.60. The van der Waals surface area contributed by atoms with Crippen LogP contribution in [-0.2, 0) is 4.74 Å². The zero-order chi connectivity index (χ0) is 14.6. The first-order valence-electron chi connectivity index (χ1n) is 6.93. The molecule has 2 N–H and O–H groups in total. The SMILES string of the molecule is CCNc1nc(NCC2(CCOC)CC2)c(F)cc1F. The van der Waals surface area contributed by atoms with Crippen molar-refractivity contribution in [1.82, 2.24) is 4.98 Å². The number of methoxy groups -OCH3 is 1. The van der Waals surface area contributed by atoms with E-state index in [-0.39, 0.29) is 17.1 Å². The fraction of sp³-hybridized carbons (Fsp3) is 0.643. The summed E-state index contributed by atoms with van der Waals surface area (Å²) in [5, 5.41) is 5.78. The van der Waals surface area contributed by atoms with Gasteiger partial charge in [-0.2, -0.15) is 0 Å². The van der Waals surface area contributed by atoms with Crippen LogP contribution in [0.4, 0.5) is 20.4 Å². The fourth-order valence-electron chi connectivity index (χ4n) is 2.16. The number of nitrogens with one attached hydrogen (secondary N) is 2. The second kappa shape index (κ2) is 6.35. The third-order valence-electron chi connectivity index (χ3n) is 3.70. The number of aromatic nitrogens is 1. The molecular formula is C14H21F2N3O. The molecule has 112 valence electrons. The summed E-state index contributed by atoms with van der Waals surface area (Å²) in [6.45, 7) is 3.70. The third-order valence-corrected chi connectivity index (χ3v) is 3.70. The summed E-state index contributed by atoms with van der Waals surface area (Å²) in [5.74, 6) is -1.15. The topological polar surface area (TPSA) is 46.2 Å². The fourth-order valence-corrected chi connectivity index (χ4v) is 2.16. The van der Waals surface area contributed by atoms with E-state index in [1.165, 1.54) is 0 Å². The molecule has 0 saturated heterocycles. The van der Waals surface area contributed by atoms with Crippen molar-refractivity contribution in [2.24, 2.45) is 5.41 Å². The molecule has 0 aliphatic heterocycles. The largest absolute Gasteiger partial charge is 0.385 e. The van der Waals surface area contributed by atoms with Gasteiger partial charge in [-0.05, 0) is 31.6 Å². The van der Waals surface area contributed by atoms with Gasteiger partial charge in [0.2, 0.25) is 0 Å². The summed E-state index contributed by atoms with van der Waals surface area (Å²) in [7, 11) is 1.67. The van der Waals surface area contributed by atoms with Gasteiger partial charge in [-0.15, -0.1) is 0 Å². The monoisotopic (exact) mass is 285 g/mol. The summed E-state index contributed by atoms with van der Waals surface area (Å²) in [6.07, 6.45) is 3.15. The van der Waals surface area contributed by atoms with Crippen LogP contribution in [0.25, 0.3) is 0 Å². The van der Waals surface area contributed by atoms with Gasteiger partial charge >= 0.3 is 0 Å². The maximum Gasteiger partial charge on any atom is 0.168 e. The maximum atomic E-state index is 13.7. The Morgan fingerprint density at radius 1 is 1.25 bits per heavy atom. The van der Waals surface area contributed by atoms with E-state index in [1.54, 1.807) is 7.11 Å². The number of pyridine rings is 1. The van der Waals surface area contributed by atoms with Crippen LogP contribution < -0.4 is 10.6 Å². The van der Waals surface area contributed by atoms with Gasteiger partial charge in [0.05, 0.1) is 0 Å². The Balaban J connectivity index is 2.00. The lowest BCUT2D eigenvalue weighted by Crippen LogP contribution is -2.19. The zero-order valence-corrected chi connectivity index (χ0v) is 11.9. The molecule has 0 unspecified atom stereocenters. The van der Waals surface area contributed by atoms with Gasteiger partial charge in [-0.1, -0.05) is 0 Å². The lowest BCUT2D eigenvalue weighted by atomic mass is 10.0. The van der Waals surface area contributed by atoms with Crippen molar-refractivity contribution in [1.29, 1.82) is 0 Å². The second-order valence-electron chi connectivity index (χ2n) is 5.28. The normalized spacial score (nSPS) is 16.0. The van der Waals surface area contributed by atoms with Crippen LogP contribution >= 0.6 is 0 Å². The Hall–Kier alpha value is -1.43. The number of rotatable bonds is 8. The van der Waals surface area contributed by atoms with Crippen LogP contribution in [0.2, 0.25) is 0 Å². The molecule has 20 heavy (non-hydrogen) atoms. The van der Waals surface area contributed by atoms with Crippen LogP contribution in [0, 0.1) is 17.0 Å². The molecule has 1 aliphatic carbocycles. The van der Waals surface area contributed by atoms with Gasteiger partial charge in [0.1, 0.15) is 0 Å². The summed E-state index contributed by atoms with van der Waals surface area (Å²) < 4.78 is 32.2. The number of hydrogen-bond donors (Lipinski definition) is 2. The van der Waals surface area contributed by atoms with Crippen molar-refractivity contribution in [3.63, 3.8) is 0 Å². The molecule has 1 aromatic rings. The average Bonchev–Trinajstić information content (AvgIpc) is 3.19. The second-order valence-corrected chi connectivity index (χ2v) is 5.28. The van der Waals surface area contributed by atoms with Crippen molar-refractivity contribution >= 4 is 11.6 Å². The molecule has 0 atom stereocenters. The van der Waals surface area contributed by atoms with E-state index in [2.05, 4.69) is 15.6 Å². The quantitative estimate of drug-likeness (QED) is 0.770. The van der Waals surface area contributed by atoms with Crippen molar-refractivity contribution in [3.05, 3.63) is 17.7 Å². The molecule has 6 heteroatoms. The molecule has 0 amide bonds. The average molecular weight is 285 g/mol. The molecule has 1 aromatic heterocycles. The van der Waals surface area contributed by atoms with Crippen molar-refractivity contribution < 1.29 is 13.5 Å². The smallest absolute Gasteiger partial charge is 0.168 e. The lowest BCUT2D eigenvalue weighted by molar-refractivity contribution is 0.175. The molecule has 0 radical (unpaired) electrons. The number of hydrogen-bond acceptors (Lipinski definition) is 4. The van der Waals surface area contributed by atoms with E-state index in [0.717, 1.165) is 25.3 Å². The molecule has 4 nitrogen and oxygen atoms in total. The number of ether oxygens (including phenoxy) is 1. The number of halogens is 2. The Labute approximate surface area is 117 Å². The number of nitrogens with zero attached hydrogens (tertiary/aromatic N) is 1. The summed E-state index contributed by atoms with van der Waals surface area (Å²) in [6, 6.07) is 0.863. The predicted octanol–water partition coefficient (Wildman–Crippen LogP) is 3.02. The Bertz CT molecular complexity index is 464. The van der Waals surface area contributed by atoms with Crippen molar-refractivity contribution in [2.75, 3.05) is 37.4 Å². The van der Waals surface area contributed by atoms with Gasteiger partial charge in [0.15, 0.2) is 23.3 Å². The first-order valence-corrected chi connectivity index (χ1v) is 6.93. The highest BCUT2D eigenvalue weighted by atomic mass is 19.1. The first kappa shape index (κ1) is 15.0. The molecule has 1 heterocycles. The molecule has 0 spiro atoms. The molecule has 0 bridgehead atoms. The Morgan fingerprint density at radius 2 is 1.90 bits per heavy atom.